The normalized spacial score (nSPS) is 9.94. The molecule has 4 nitrogen and oxygen atoms in total. The lowest BCUT2D eigenvalue weighted by Gasteiger charge is -2.11. The lowest BCUT2D eigenvalue weighted by Crippen LogP contribution is -2.07. The molecule has 0 aliphatic rings. The van der Waals surface area contributed by atoms with Crippen molar-refractivity contribution >= 4 is 5.90 Å². The fourth-order valence-corrected chi connectivity index (χ4v) is 1.41. The van der Waals surface area contributed by atoms with Crippen LogP contribution >= 0.6 is 0 Å². The van der Waals surface area contributed by atoms with E-state index in [-0.39, 0.29) is 5.90 Å². The van der Waals surface area contributed by atoms with Gasteiger partial charge in [-0.3, -0.25) is 5.41 Å². The molecule has 0 aliphatic carbocycles. The molecule has 0 saturated carbocycles. The van der Waals surface area contributed by atoms with Gasteiger partial charge in [-0.2, -0.15) is 0 Å². The lowest BCUT2D eigenvalue weighted by atomic mass is 10.1. The quantitative estimate of drug-likeness (QED) is 0.615. The van der Waals surface area contributed by atoms with E-state index in [1.807, 2.05) is 25.1 Å². The number of nitrogens with one attached hydrogen (secondary N) is 1. The smallest absolute Gasteiger partial charge is 0.217 e. The van der Waals surface area contributed by atoms with Crippen LogP contribution < -0.4 is 4.74 Å². The molecule has 1 aromatic carbocycles. The van der Waals surface area contributed by atoms with Crippen molar-refractivity contribution in [3.05, 3.63) is 29.3 Å². The molecule has 88 valence electrons. The van der Waals surface area contributed by atoms with E-state index in [9.17, 15) is 0 Å². The molecule has 0 aromatic heterocycles. The maximum Gasteiger partial charge on any atom is 0.217 e. The van der Waals surface area contributed by atoms with Crippen LogP contribution in [0.15, 0.2) is 18.2 Å². The van der Waals surface area contributed by atoms with Crippen LogP contribution in [-0.2, 0) is 16.1 Å². The van der Waals surface area contributed by atoms with E-state index in [0.29, 0.717) is 24.5 Å². The predicted molar refractivity (Wildman–Crippen MR) is 62.2 cm³/mol. The third-order valence-corrected chi connectivity index (χ3v) is 2.11. The van der Waals surface area contributed by atoms with Crippen LogP contribution in [0.4, 0.5) is 0 Å². The molecular formula is C12H17NO3. The first-order valence-corrected chi connectivity index (χ1v) is 5.10. The van der Waals surface area contributed by atoms with Crippen molar-refractivity contribution in [1.29, 1.82) is 5.41 Å². The van der Waals surface area contributed by atoms with Gasteiger partial charge in [-0.05, 0) is 24.6 Å². The Morgan fingerprint density at radius 1 is 1.31 bits per heavy atom. The third-order valence-electron chi connectivity index (χ3n) is 2.11. The fraction of sp³-hybridized carbons (Fsp3) is 0.417. The topological polar surface area (TPSA) is 51.5 Å². The van der Waals surface area contributed by atoms with Gasteiger partial charge in [-0.1, -0.05) is 6.07 Å². The van der Waals surface area contributed by atoms with Crippen molar-refractivity contribution in [2.45, 2.75) is 13.5 Å². The number of benzene rings is 1. The largest absolute Gasteiger partial charge is 0.496 e. The first kappa shape index (κ1) is 12.5. The summed E-state index contributed by atoms with van der Waals surface area (Å²) in [5, 5.41) is 7.76. The van der Waals surface area contributed by atoms with E-state index in [1.54, 1.807) is 14.2 Å². The highest BCUT2D eigenvalue weighted by Crippen LogP contribution is 2.21. The number of methoxy groups -OCH3 is 2. The van der Waals surface area contributed by atoms with Crippen molar-refractivity contribution in [2.75, 3.05) is 20.8 Å². The first-order valence-electron chi connectivity index (χ1n) is 5.10. The van der Waals surface area contributed by atoms with E-state index in [2.05, 4.69) is 0 Å². The van der Waals surface area contributed by atoms with Crippen LogP contribution in [0.25, 0.3) is 0 Å². The second-order valence-electron chi connectivity index (χ2n) is 3.23. The molecule has 0 saturated heterocycles. The standard InChI is InChI=1S/C12H17NO3/c1-4-16-12(13)10-7-9(8-14-2)5-6-11(10)15-3/h5-7,13H,4,8H2,1-3H3. The summed E-state index contributed by atoms with van der Waals surface area (Å²) in [6, 6.07) is 5.57. The van der Waals surface area contributed by atoms with Crippen LogP contribution in [0, 0.1) is 5.41 Å². The van der Waals surface area contributed by atoms with Crippen LogP contribution in [0.2, 0.25) is 0 Å². The summed E-state index contributed by atoms with van der Waals surface area (Å²) in [4.78, 5) is 0. The zero-order valence-electron chi connectivity index (χ0n) is 9.87. The maximum atomic E-state index is 7.76. The first-order chi connectivity index (χ1) is 7.72. The molecule has 0 heterocycles. The second kappa shape index (κ2) is 6.12. The highest BCUT2D eigenvalue weighted by molar-refractivity contribution is 5.94. The van der Waals surface area contributed by atoms with Crippen LogP contribution in [-0.4, -0.2) is 26.7 Å². The van der Waals surface area contributed by atoms with E-state index < -0.39 is 0 Å². The molecule has 16 heavy (non-hydrogen) atoms. The highest BCUT2D eigenvalue weighted by Gasteiger charge is 2.10. The summed E-state index contributed by atoms with van der Waals surface area (Å²) in [6.45, 7) is 2.83. The molecule has 0 unspecified atom stereocenters. The Hall–Kier alpha value is -1.55. The summed E-state index contributed by atoms with van der Waals surface area (Å²) in [5.41, 5.74) is 1.64. The molecule has 1 N–H and O–H groups in total. The zero-order chi connectivity index (χ0) is 12.0. The minimum Gasteiger partial charge on any atom is -0.496 e. The van der Waals surface area contributed by atoms with Crippen molar-refractivity contribution in [3.63, 3.8) is 0 Å². The monoisotopic (exact) mass is 223 g/mol. The number of hydrogen-bond acceptors (Lipinski definition) is 4. The molecule has 0 atom stereocenters. The lowest BCUT2D eigenvalue weighted by molar-refractivity contribution is 0.185. The van der Waals surface area contributed by atoms with Gasteiger partial charge in [0.2, 0.25) is 5.90 Å². The molecule has 0 radical (unpaired) electrons. The number of ether oxygens (including phenoxy) is 3. The Morgan fingerprint density at radius 3 is 2.62 bits per heavy atom. The number of hydrogen-bond donors (Lipinski definition) is 1. The SMILES string of the molecule is CCOC(=N)c1cc(COC)ccc1OC. The summed E-state index contributed by atoms with van der Waals surface area (Å²) < 4.78 is 15.4. The van der Waals surface area contributed by atoms with Crippen molar-refractivity contribution < 1.29 is 14.2 Å². The average molecular weight is 223 g/mol. The average Bonchev–Trinajstić information content (AvgIpc) is 2.30. The van der Waals surface area contributed by atoms with Crippen LogP contribution in [0.3, 0.4) is 0 Å². The molecular weight excluding hydrogens is 206 g/mol. The molecule has 0 aliphatic heterocycles. The highest BCUT2D eigenvalue weighted by atomic mass is 16.5. The fourth-order valence-electron chi connectivity index (χ4n) is 1.41. The van der Waals surface area contributed by atoms with Gasteiger partial charge in [0.1, 0.15) is 5.75 Å². The Morgan fingerprint density at radius 2 is 2.06 bits per heavy atom. The van der Waals surface area contributed by atoms with Gasteiger partial charge in [0, 0.05) is 7.11 Å². The van der Waals surface area contributed by atoms with Gasteiger partial charge in [-0.15, -0.1) is 0 Å². The molecule has 0 amide bonds. The molecule has 0 bridgehead atoms. The Bertz CT molecular complexity index is 363. The van der Waals surface area contributed by atoms with Gasteiger partial charge in [-0.25, -0.2) is 0 Å². The van der Waals surface area contributed by atoms with E-state index in [4.69, 9.17) is 19.6 Å². The van der Waals surface area contributed by atoms with E-state index in [0.717, 1.165) is 5.56 Å². The predicted octanol–water partition coefficient (Wildman–Crippen LogP) is 2.20. The third kappa shape index (κ3) is 2.97. The van der Waals surface area contributed by atoms with Gasteiger partial charge < -0.3 is 14.2 Å². The minimum atomic E-state index is 0.123. The Kier molecular flexibility index (Phi) is 4.79. The van der Waals surface area contributed by atoms with Gasteiger partial charge in [0.05, 0.1) is 25.9 Å². The summed E-state index contributed by atoms with van der Waals surface area (Å²) in [6.07, 6.45) is 0. The summed E-state index contributed by atoms with van der Waals surface area (Å²) >= 11 is 0. The summed E-state index contributed by atoms with van der Waals surface area (Å²) in [7, 11) is 3.21. The van der Waals surface area contributed by atoms with Crippen molar-refractivity contribution in [3.8, 4) is 5.75 Å². The van der Waals surface area contributed by atoms with Crippen LogP contribution in [0.1, 0.15) is 18.1 Å². The minimum absolute atomic E-state index is 0.123. The molecule has 0 spiro atoms. The van der Waals surface area contributed by atoms with Gasteiger partial charge in [0.25, 0.3) is 0 Å². The molecule has 4 heteroatoms. The Labute approximate surface area is 95.6 Å². The molecule has 1 aromatic rings. The Balaban J connectivity index is 3.01. The summed E-state index contributed by atoms with van der Waals surface area (Å²) in [5.74, 6) is 0.760. The van der Waals surface area contributed by atoms with E-state index in [1.165, 1.54) is 0 Å². The van der Waals surface area contributed by atoms with Gasteiger partial charge >= 0.3 is 0 Å². The number of rotatable bonds is 5. The molecule has 1 rings (SSSR count). The maximum absolute atomic E-state index is 7.76. The second-order valence-corrected chi connectivity index (χ2v) is 3.23. The van der Waals surface area contributed by atoms with Crippen molar-refractivity contribution in [2.24, 2.45) is 0 Å². The van der Waals surface area contributed by atoms with Crippen LogP contribution in [0.5, 0.6) is 5.75 Å². The molecule has 0 fully saturated rings. The zero-order valence-corrected chi connectivity index (χ0v) is 9.87. The van der Waals surface area contributed by atoms with Gasteiger partial charge in [0.15, 0.2) is 0 Å². The van der Waals surface area contributed by atoms with E-state index >= 15 is 0 Å². The van der Waals surface area contributed by atoms with Crippen molar-refractivity contribution in [1.82, 2.24) is 0 Å².